The first-order valence-electron chi connectivity index (χ1n) is 12.1. The van der Waals surface area contributed by atoms with Crippen molar-refractivity contribution >= 4 is 23.2 Å². The molecule has 0 bridgehead atoms. The lowest BCUT2D eigenvalue weighted by Crippen LogP contribution is -2.14. The van der Waals surface area contributed by atoms with Crippen LogP contribution in [0.1, 0.15) is 38.9 Å². The second-order valence-corrected chi connectivity index (χ2v) is 8.66. The average molecular weight is 511 g/mol. The second-order valence-electron chi connectivity index (χ2n) is 8.66. The lowest BCUT2D eigenvalue weighted by atomic mass is 10.1. The molecule has 0 spiro atoms. The van der Waals surface area contributed by atoms with Gasteiger partial charge >= 0.3 is 5.97 Å². The monoisotopic (exact) mass is 510 g/mol. The van der Waals surface area contributed by atoms with Crippen molar-refractivity contribution in [2.75, 3.05) is 11.9 Å². The van der Waals surface area contributed by atoms with E-state index < -0.39 is 5.97 Å². The maximum atomic E-state index is 12.9. The highest BCUT2D eigenvalue weighted by Gasteiger charge is 2.17. The molecule has 0 radical (unpaired) electrons. The smallest absolute Gasteiger partial charge is 0.343 e. The molecule has 38 heavy (non-hydrogen) atoms. The van der Waals surface area contributed by atoms with E-state index in [1.807, 2.05) is 50.2 Å². The highest BCUT2D eigenvalue weighted by molar-refractivity contribution is 6.03. The Bertz CT molecular complexity index is 1640. The Morgan fingerprint density at radius 2 is 1.92 bits per heavy atom. The zero-order chi connectivity index (χ0) is 26.6. The molecule has 10 nitrogen and oxygen atoms in total. The minimum Gasteiger partial charge on any atom is -0.471 e. The van der Waals surface area contributed by atoms with E-state index >= 15 is 0 Å². The fraction of sp³-hybridized carbons (Fsp3) is 0.179. The van der Waals surface area contributed by atoms with Crippen molar-refractivity contribution in [3.63, 3.8) is 0 Å². The third-order valence-corrected chi connectivity index (χ3v) is 5.88. The zero-order valence-electron chi connectivity index (χ0n) is 21.2. The summed E-state index contributed by atoms with van der Waals surface area (Å²) in [5, 5.41) is 11.6. The Labute approximate surface area is 218 Å². The van der Waals surface area contributed by atoms with Crippen molar-refractivity contribution in [2.24, 2.45) is 0 Å². The summed E-state index contributed by atoms with van der Waals surface area (Å²) in [7, 11) is 0. The summed E-state index contributed by atoms with van der Waals surface area (Å²) in [4.78, 5) is 29.4. The number of nitrogens with zero attached hydrogens (tertiary/aromatic N) is 5. The van der Waals surface area contributed by atoms with Crippen LogP contribution in [0.4, 0.5) is 5.69 Å². The Morgan fingerprint density at radius 1 is 1.05 bits per heavy atom. The third-order valence-electron chi connectivity index (χ3n) is 5.88. The highest BCUT2D eigenvalue weighted by atomic mass is 16.5. The zero-order valence-corrected chi connectivity index (χ0v) is 21.2. The van der Waals surface area contributed by atoms with Gasteiger partial charge in [-0.3, -0.25) is 4.79 Å². The molecule has 3 aromatic heterocycles. The van der Waals surface area contributed by atoms with Crippen LogP contribution in [0.2, 0.25) is 0 Å². The van der Waals surface area contributed by atoms with Crippen LogP contribution in [0, 0.1) is 13.8 Å². The Kier molecular flexibility index (Phi) is 6.86. The molecule has 10 heteroatoms. The number of carbonyl (C=O) groups excluding carboxylic acids is 2. The van der Waals surface area contributed by atoms with E-state index in [4.69, 9.17) is 9.47 Å². The van der Waals surface area contributed by atoms with Crippen molar-refractivity contribution in [1.29, 1.82) is 0 Å². The fourth-order valence-electron chi connectivity index (χ4n) is 3.97. The van der Waals surface area contributed by atoms with Crippen molar-refractivity contribution in [3.05, 3.63) is 95.6 Å². The summed E-state index contributed by atoms with van der Waals surface area (Å²) >= 11 is 0. The van der Waals surface area contributed by atoms with Gasteiger partial charge in [0.25, 0.3) is 5.91 Å². The van der Waals surface area contributed by atoms with Gasteiger partial charge in [0, 0.05) is 23.6 Å². The summed E-state index contributed by atoms with van der Waals surface area (Å²) in [6, 6.07) is 16.7. The van der Waals surface area contributed by atoms with E-state index in [0.29, 0.717) is 17.0 Å². The highest BCUT2D eigenvalue weighted by Crippen LogP contribution is 2.24. The number of hydrogen-bond donors (Lipinski definition) is 1. The summed E-state index contributed by atoms with van der Waals surface area (Å²) < 4.78 is 14.1. The largest absolute Gasteiger partial charge is 0.471 e. The van der Waals surface area contributed by atoms with Gasteiger partial charge in [-0.1, -0.05) is 24.3 Å². The van der Waals surface area contributed by atoms with Gasteiger partial charge in [-0.15, -0.1) is 0 Å². The number of aromatic nitrogens is 5. The number of benzene rings is 2. The molecule has 0 aliphatic rings. The van der Waals surface area contributed by atoms with Crippen LogP contribution in [-0.4, -0.2) is 42.9 Å². The summed E-state index contributed by atoms with van der Waals surface area (Å²) in [5.74, 6) is -0.0525. The molecule has 1 amide bonds. The topological polar surface area (TPSA) is 113 Å². The van der Waals surface area contributed by atoms with Gasteiger partial charge in [-0.25, -0.2) is 19.0 Å². The van der Waals surface area contributed by atoms with Crippen LogP contribution in [0.15, 0.2) is 73.2 Å². The molecule has 0 aliphatic carbocycles. The number of rotatable bonds is 8. The van der Waals surface area contributed by atoms with E-state index in [1.54, 1.807) is 46.7 Å². The molecular formula is C28H26N6O4. The molecule has 2 aromatic carbocycles. The predicted molar refractivity (Wildman–Crippen MR) is 141 cm³/mol. The van der Waals surface area contributed by atoms with Gasteiger partial charge in [0.15, 0.2) is 18.1 Å². The number of hydrogen-bond acceptors (Lipinski definition) is 7. The standard InChI is InChI=1S/C28H26N6O4/c1-4-37-28(36)22-16-30-34-24(10-12-29-26(22)34)20-6-5-7-21(15-20)31-27(35)23-11-13-33(32-23)17-38-25-14-18(2)8-9-19(25)3/h5-16H,4,17H2,1-3H3,(H,31,35). The Balaban J connectivity index is 1.31. The molecule has 0 aliphatic heterocycles. The van der Waals surface area contributed by atoms with Crippen molar-refractivity contribution in [3.8, 4) is 17.0 Å². The molecule has 5 aromatic rings. The van der Waals surface area contributed by atoms with Crippen LogP contribution >= 0.6 is 0 Å². The van der Waals surface area contributed by atoms with Gasteiger partial charge in [-0.2, -0.15) is 10.2 Å². The predicted octanol–water partition coefficient (Wildman–Crippen LogP) is 4.68. The number of amides is 1. The van der Waals surface area contributed by atoms with Crippen molar-refractivity contribution in [1.82, 2.24) is 24.4 Å². The molecular weight excluding hydrogens is 484 g/mol. The summed E-state index contributed by atoms with van der Waals surface area (Å²) in [6.07, 6.45) is 4.74. The quantitative estimate of drug-likeness (QED) is 0.302. The van der Waals surface area contributed by atoms with E-state index in [0.717, 1.165) is 22.4 Å². The van der Waals surface area contributed by atoms with Gasteiger partial charge in [0.1, 0.15) is 11.3 Å². The van der Waals surface area contributed by atoms with Crippen LogP contribution in [0.3, 0.4) is 0 Å². The minimum atomic E-state index is -0.480. The van der Waals surface area contributed by atoms with Gasteiger partial charge in [0.05, 0.1) is 18.5 Å². The first-order chi connectivity index (χ1) is 18.4. The fourth-order valence-corrected chi connectivity index (χ4v) is 3.97. The SMILES string of the molecule is CCOC(=O)c1cnn2c(-c3cccc(NC(=O)c4ccn(COc5cc(C)ccc5C)n4)c3)ccnc12. The molecule has 0 unspecified atom stereocenters. The first kappa shape index (κ1) is 24.7. The molecule has 1 N–H and O–H groups in total. The molecule has 0 saturated heterocycles. The number of esters is 1. The van der Waals surface area contributed by atoms with E-state index in [9.17, 15) is 9.59 Å². The van der Waals surface area contributed by atoms with E-state index in [2.05, 4.69) is 20.5 Å². The molecule has 0 atom stereocenters. The molecule has 3 heterocycles. The number of ether oxygens (including phenoxy) is 2. The van der Waals surface area contributed by atoms with Gasteiger partial charge in [0.2, 0.25) is 0 Å². The molecule has 5 rings (SSSR count). The second kappa shape index (κ2) is 10.6. The van der Waals surface area contributed by atoms with Crippen molar-refractivity contribution < 1.29 is 19.1 Å². The van der Waals surface area contributed by atoms with E-state index in [-0.39, 0.29) is 30.5 Å². The Morgan fingerprint density at radius 3 is 2.76 bits per heavy atom. The lowest BCUT2D eigenvalue weighted by Gasteiger charge is -2.10. The number of fused-ring (bicyclic) bond motifs is 1. The van der Waals surface area contributed by atoms with Crippen LogP contribution < -0.4 is 10.1 Å². The summed E-state index contributed by atoms with van der Waals surface area (Å²) in [6.45, 7) is 6.17. The van der Waals surface area contributed by atoms with Gasteiger partial charge < -0.3 is 14.8 Å². The summed E-state index contributed by atoms with van der Waals surface area (Å²) in [5.41, 5.74) is 5.14. The Hall–Kier alpha value is -4.99. The van der Waals surface area contributed by atoms with Crippen LogP contribution in [0.25, 0.3) is 16.9 Å². The maximum Gasteiger partial charge on any atom is 0.343 e. The third kappa shape index (κ3) is 5.10. The van der Waals surface area contributed by atoms with Crippen LogP contribution in [0.5, 0.6) is 5.75 Å². The minimum absolute atomic E-state index is 0.183. The number of nitrogens with one attached hydrogen (secondary N) is 1. The normalized spacial score (nSPS) is 10.9. The van der Waals surface area contributed by atoms with Crippen molar-refractivity contribution in [2.45, 2.75) is 27.5 Å². The van der Waals surface area contributed by atoms with Crippen LogP contribution in [-0.2, 0) is 11.5 Å². The molecule has 192 valence electrons. The lowest BCUT2D eigenvalue weighted by molar-refractivity contribution is 0.0528. The van der Waals surface area contributed by atoms with E-state index in [1.165, 1.54) is 6.20 Å². The first-order valence-corrected chi connectivity index (χ1v) is 12.1. The number of aryl methyl sites for hydroxylation is 2. The molecule has 0 fully saturated rings. The maximum absolute atomic E-state index is 12.9. The van der Waals surface area contributed by atoms with Gasteiger partial charge in [-0.05, 0) is 62.2 Å². The average Bonchev–Trinajstić information content (AvgIpc) is 3.57. The number of carbonyl (C=O) groups is 2. The number of anilines is 1. The molecule has 0 saturated carbocycles.